The summed E-state index contributed by atoms with van der Waals surface area (Å²) in [7, 11) is -3.82. The van der Waals surface area contributed by atoms with Crippen molar-refractivity contribution in [3.05, 3.63) is 58.6 Å². The smallest absolute Gasteiger partial charge is 0.269 e. The zero-order valence-electron chi connectivity index (χ0n) is 20.4. The second kappa shape index (κ2) is 10.7. The number of piperidine rings is 2. The molecule has 194 valence electrons. The largest absolute Gasteiger partial charge is 0.341 e. The van der Waals surface area contributed by atoms with E-state index in [0.717, 1.165) is 51.9 Å². The molecule has 0 saturated carbocycles. The first-order valence-corrected chi connectivity index (χ1v) is 14.0. The predicted octanol–water partition coefficient (Wildman–Crippen LogP) is 4.34. The van der Waals surface area contributed by atoms with Gasteiger partial charge >= 0.3 is 0 Å². The molecule has 5 rings (SSSR count). The van der Waals surface area contributed by atoms with Crippen LogP contribution in [0.4, 0.5) is 29.2 Å². The summed E-state index contributed by atoms with van der Waals surface area (Å²) >= 11 is 0. The van der Waals surface area contributed by atoms with Crippen molar-refractivity contribution >= 4 is 39.1 Å². The molecule has 0 amide bonds. The van der Waals surface area contributed by atoms with Gasteiger partial charge < -0.3 is 15.1 Å². The minimum absolute atomic E-state index is 0.00590. The third kappa shape index (κ3) is 5.63. The first kappa shape index (κ1) is 24.9. The Morgan fingerprint density at radius 3 is 1.62 bits per heavy atom. The number of nitro benzene ring substituents is 1. The molecule has 1 aromatic heterocycles. The summed E-state index contributed by atoms with van der Waals surface area (Å²) in [4.78, 5) is 28.9. The maximum Gasteiger partial charge on any atom is 0.269 e. The highest BCUT2D eigenvalue weighted by atomic mass is 32.2. The molecule has 2 aliphatic heterocycles. The second-order valence-corrected chi connectivity index (χ2v) is 11.2. The van der Waals surface area contributed by atoms with Gasteiger partial charge in [0, 0.05) is 44.0 Å². The van der Waals surface area contributed by atoms with Gasteiger partial charge in [-0.25, -0.2) is 8.42 Å². The molecule has 37 heavy (non-hydrogen) atoms. The van der Waals surface area contributed by atoms with Gasteiger partial charge in [-0.05, 0) is 74.9 Å². The van der Waals surface area contributed by atoms with E-state index < -0.39 is 14.8 Å². The van der Waals surface area contributed by atoms with Crippen molar-refractivity contribution in [2.75, 3.05) is 41.3 Å². The Hall–Kier alpha value is -3.80. The number of hydrogen-bond acceptors (Lipinski definition) is 10. The van der Waals surface area contributed by atoms with E-state index in [1.807, 2.05) is 0 Å². The van der Waals surface area contributed by atoms with Crippen molar-refractivity contribution in [2.24, 2.45) is 0 Å². The molecule has 2 aliphatic rings. The Morgan fingerprint density at radius 1 is 0.703 bits per heavy atom. The van der Waals surface area contributed by atoms with E-state index in [1.165, 1.54) is 49.2 Å². The van der Waals surface area contributed by atoms with Crippen LogP contribution in [-0.2, 0) is 9.84 Å². The van der Waals surface area contributed by atoms with Crippen LogP contribution in [-0.4, -0.2) is 54.5 Å². The Bertz CT molecular complexity index is 1320. The highest BCUT2D eigenvalue weighted by molar-refractivity contribution is 7.91. The third-order valence-corrected chi connectivity index (χ3v) is 8.45. The molecule has 2 aromatic carbocycles. The van der Waals surface area contributed by atoms with Crippen LogP contribution in [0.5, 0.6) is 0 Å². The summed E-state index contributed by atoms with van der Waals surface area (Å²) in [6.07, 6.45) is 6.86. The van der Waals surface area contributed by atoms with E-state index in [2.05, 4.69) is 25.1 Å². The van der Waals surface area contributed by atoms with Crippen LogP contribution in [0, 0.1) is 10.1 Å². The molecule has 2 saturated heterocycles. The molecule has 0 atom stereocenters. The zero-order chi connectivity index (χ0) is 25.8. The van der Waals surface area contributed by atoms with Crippen molar-refractivity contribution in [3.63, 3.8) is 0 Å². The van der Waals surface area contributed by atoms with Crippen molar-refractivity contribution in [1.29, 1.82) is 0 Å². The lowest BCUT2D eigenvalue weighted by Crippen LogP contribution is -2.34. The van der Waals surface area contributed by atoms with E-state index in [-0.39, 0.29) is 15.5 Å². The van der Waals surface area contributed by atoms with E-state index in [0.29, 0.717) is 23.5 Å². The highest BCUT2D eigenvalue weighted by Crippen LogP contribution is 2.27. The van der Waals surface area contributed by atoms with Crippen LogP contribution >= 0.6 is 0 Å². The molecule has 0 radical (unpaired) electrons. The summed E-state index contributed by atoms with van der Waals surface area (Å²) in [6.45, 7) is 3.66. The second-order valence-electron chi connectivity index (χ2n) is 9.26. The van der Waals surface area contributed by atoms with Crippen LogP contribution in [0.15, 0.2) is 58.3 Å². The van der Waals surface area contributed by atoms with Gasteiger partial charge in [0.2, 0.25) is 27.7 Å². The number of non-ortho nitro benzene ring substituents is 1. The molecule has 1 N–H and O–H groups in total. The summed E-state index contributed by atoms with van der Waals surface area (Å²) in [5, 5.41) is 14.1. The Kier molecular flexibility index (Phi) is 7.17. The molecule has 0 spiro atoms. The maximum atomic E-state index is 13.0. The lowest BCUT2D eigenvalue weighted by molar-refractivity contribution is -0.384. The zero-order valence-corrected chi connectivity index (χ0v) is 21.2. The predicted molar refractivity (Wildman–Crippen MR) is 140 cm³/mol. The number of hydrogen-bond donors (Lipinski definition) is 1. The van der Waals surface area contributed by atoms with Gasteiger partial charge in [-0.3, -0.25) is 10.1 Å². The molecule has 3 heterocycles. The van der Waals surface area contributed by atoms with Gasteiger partial charge in [0.1, 0.15) is 0 Å². The minimum atomic E-state index is -3.82. The highest BCUT2D eigenvalue weighted by Gasteiger charge is 2.22. The Morgan fingerprint density at radius 2 is 1.16 bits per heavy atom. The van der Waals surface area contributed by atoms with Gasteiger partial charge in [-0.15, -0.1) is 0 Å². The fraction of sp³-hybridized carbons (Fsp3) is 0.400. The molecule has 3 aromatic rings. The van der Waals surface area contributed by atoms with Gasteiger partial charge in [0.25, 0.3) is 5.69 Å². The number of nitrogens with one attached hydrogen (secondary N) is 1. The number of nitro groups is 1. The van der Waals surface area contributed by atoms with Crippen molar-refractivity contribution in [1.82, 2.24) is 15.0 Å². The molecule has 12 heteroatoms. The van der Waals surface area contributed by atoms with Crippen LogP contribution < -0.4 is 15.1 Å². The van der Waals surface area contributed by atoms with Crippen molar-refractivity contribution < 1.29 is 13.3 Å². The monoisotopic (exact) mass is 523 g/mol. The molecule has 0 aliphatic carbocycles. The normalized spacial score (nSPS) is 16.4. The quantitative estimate of drug-likeness (QED) is 0.352. The summed E-state index contributed by atoms with van der Waals surface area (Å²) in [5.41, 5.74) is 0.478. The Balaban J connectivity index is 1.38. The van der Waals surface area contributed by atoms with Gasteiger partial charge in [-0.2, -0.15) is 15.0 Å². The lowest BCUT2D eigenvalue weighted by atomic mass is 10.1. The lowest BCUT2D eigenvalue weighted by Gasteiger charge is -2.30. The van der Waals surface area contributed by atoms with E-state index in [9.17, 15) is 18.5 Å². The van der Waals surface area contributed by atoms with Crippen LogP contribution in [0.1, 0.15) is 38.5 Å². The van der Waals surface area contributed by atoms with Crippen LogP contribution in [0.2, 0.25) is 0 Å². The number of rotatable bonds is 7. The van der Waals surface area contributed by atoms with Crippen molar-refractivity contribution in [2.45, 2.75) is 48.3 Å². The number of nitrogens with zero attached hydrogens (tertiary/aromatic N) is 6. The first-order chi connectivity index (χ1) is 17.9. The minimum Gasteiger partial charge on any atom is -0.341 e. The van der Waals surface area contributed by atoms with Crippen LogP contribution in [0.3, 0.4) is 0 Å². The maximum absolute atomic E-state index is 13.0. The number of anilines is 4. The van der Waals surface area contributed by atoms with Crippen LogP contribution in [0.25, 0.3) is 0 Å². The standard InChI is InChI=1S/C25H29N7O4S/c33-32(34)20-9-13-22(14-10-20)37(35,36)21-11-7-19(8-12-21)26-23-27-24(30-15-3-1-4-16-30)29-25(28-23)31-17-5-2-6-18-31/h7-14H,1-6,15-18H2,(H,26,27,28,29). The average Bonchev–Trinajstić information content (AvgIpc) is 2.94. The first-order valence-electron chi connectivity index (χ1n) is 12.5. The van der Waals surface area contributed by atoms with E-state index in [4.69, 9.17) is 4.98 Å². The molecule has 2 fully saturated rings. The van der Waals surface area contributed by atoms with E-state index in [1.54, 1.807) is 12.1 Å². The number of benzene rings is 2. The summed E-state index contributed by atoms with van der Waals surface area (Å²) in [5.74, 6) is 1.74. The fourth-order valence-electron chi connectivity index (χ4n) is 4.61. The van der Waals surface area contributed by atoms with Gasteiger partial charge in [0.15, 0.2) is 0 Å². The van der Waals surface area contributed by atoms with Gasteiger partial charge in [0.05, 0.1) is 14.7 Å². The number of aromatic nitrogens is 3. The van der Waals surface area contributed by atoms with E-state index >= 15 is 0 Å². The van der Waals surface area contributed by atoms with Gasteiger partial charge in [-0.1, -0.05) is 0 Å². The molecule has 0 bridgehead atoms. The Labute approximate surface area is 215 Å². The third-order valence-electron chi connectivity index (χ3n) is 6.67. The SMILES string of the molecule is O=[N+]([O-])c1ccc(S(=O)(=O)c2ccc(Nc3nc(N4CCCCC4)nc(N4CCCCC4)n3)cc2)cc1. The summed E-state index contributed by atoms with van der Waals surface area (Å²) in [6, 6.07) is 11.2. The average molecular weight is 524 g/mol. The topological polar surface area (TPSA) is 134 Å². The molecular weight excluding hydrogens is 494 g/mol. The van der Waals surface area contributed by atoms with Crippen molar-refractivity contribution in [3.8, 4) is 0 Å². The molecule has 11 nitrogen and oxygen atoms in total. The molecular formula is C25H29N7O4S. The fourth-order valence-corrected chi connectivity index (χ4v) is 5.87. The molecule has 0 unspecified atom stereocenters. The summed E-state index contributed by atoms with van der Waals surface area (Å²) < 4.78 is 26.0. The number of sulfone groups is 1.